The van der Waals surface area contributed by atoms with Gasteiger partial charge in [0.2, 0.25) is 0 Å². The van der Waals surface area contributed by atoms with Crippen molar-refractivity contribution in [2.24, 2.45) is 0 Å². The molecule has 0 unspecified atom stereocenters. The summed E-state index contributed by atoms with van der Waals surface area (Å²) in [5.74, 6) is -0.320. The molecule has 0 spiro atoms. The highest BCUT2D eigenvalue weighted by Gasteiger charge is 2.35. The molecule has 0 aliphatic carbocycles. The molecule has 25 heavy (non-hydrogen) atoms. The van der Waals surface area contributed by atoms with Crippen molar-refractivity contribution in [2.75, 3.05) is 10.1 Å². The molecule has 0 bridgehead atoms. The Morgan fingerprint density at radius 2 is 1.80 bits per heavy atom. The smallest absolute Gasteiger partial charge is 0.258 e. The maximum absolute atomic E-state index is 13.2. The van der Waals surface area contributed by atoms with Crippen LogP contribution in [0, 0.1) is 11.3 Å². The minimum absolute atomic E-state index is 0.0619. The Labute approximate surface area is 146 Å². The van der Waals surface area contributed by atoms with Crippen LogP contribution in [0.4, 0.5) is 5.69 Å². The van der Waals surface area contributed by atoms with E-state index in [9.17, 15) is 16.8 Å². The van der Waals surface area contributed by atoms with Gasteiger partial charge in [-0.15, -0.1) is 0 Å². The number of rotatable bonds is 4. The third-order valence-corrected chi connectivity index (χ3v) is 6.97. The van der Waals surface area contributed by atoms with Crippen LogP contribution in [0.5, 0.6) is 0 Å². The molecule has 6 nitrogen and oxygen atoms in total. The molecule has 1 aliphatic heterocycles. The summed E-state index contributed by atoms with van der Waals surface area (Å²) in [5, 5.41) is 10.1. The van der Waals surface area contributed by atoms with E-state index >= 15 is 0 Å². The van der Waals surface area contributed by atoms with Crippen molar-refractivity contribution in [3.8, 4) is 6.07 Å². The lowest BCUT2D eigenvalue weighted by Gasteiger charge is -2.29. The topological polar surface area (TPSA) is 95.3 Å². The zero-order chi connectivity index (χ0) is 18.1. The maximum Gasteiger partial charge on any atom is 0.264 e. The van der Waals surface area contributed by atoms with E-state index in [4.69, 9.17) is 5.26 Å². The largest absolute Gasteiger partial charge is 0.264 e. The number of nitrogens with zero attached hydrogens (tertiary/aromatic N) is 2. The second kappa shape index (κ2) is 6.35. The Bertz CT molecular complexity index is 1070. The summed E-state index contributed by atoms with van der Waals surface area (Å²) in [7, 11) is -7.50. The first-order chi connectivity index (χ1) is 11.8. The lowest BCUT2D eigenvalue weighted by atomic mass is 10.2. The molecule has 0 N–H and O–H groups in total. The average Bonchev–Trinajstić information content (AvgIpc) is 2.95. The molecule has 128 valence electrons. The second-order valence-electron chi connectivity index (χ2n) is 5.50. The SMILES string of the molecule is N#Cc1cccc(S(=O)(=O)N(c2ccccc2)[C@@H]2C=CS(=O)(=O)C2)c1. The first-order valence-corrected chi connectivity index (χ1v) is 10.5. The minimum Gasteiger partial charge on any atom is -0.258 e. The summed E-state index contributed by atoms with van der Waals surface area (Å²) in [6.07, 6.45) is 1.37. The van der Waals surface area contributed by atoms with Crippen LogP contribution in [0.15, 0.2) is 71.0 Å². The number of nitriles is 1. The molecule has 1 heterocycles. The van der Waals surface area contributed by atoms with Crippen LogP contribution in [-0.4, -0.2) is 28.6 Å². The number of anilines is 1. The molecular weight excluding hydrogens is 360 g/mol. The standard InChI is InChI=1S/C17H14N2O4S2/c18-12-14-5-4-8-17(11-14)25(22,23)19(15-6-2-1-3-7-15)16-9-10-24(20,21)13-16/h1-11,16H,13H2/t16-/m1/s1. The minimum atomic E-state index is -4.05. The van der Waals surface area contributed by atoms with Gasteiger partial charge in [0, 0.05) is 5.41 Å². The van der Waals surface area contributed by atoms with Crippen molar-refractivity contribution in [3.05, 3.63) is 71.6 Å². The second-order valence-corrected chi connectivity index (χ2v) is 9.25. The van der Waals surface area contributed by atoms with Gasteiger partial charge in [-0.05, 0) is 36.4 Å². The van der Waals surface area contributed by atoms with Gasteiger partial charge >= 0.3 is 0 Å². The highest BCUT2D eigenvalue weighted by atomic mass is 32.2. The van der Waals surface area contributed by atoms with Crippen LogP contribution in [0.3, 0.4) is 0 Å². The fourth-order valence-corrected chi connectivity index (χ4v) is 5.65. The molecule has 8 heteroatoms. The predicted molar refractivity (Wildman–Crippen MR) is 94.0 cm³/mol. The number of para-hydroxylation sites is 1. The number of hydrogen-bond acceptors (Lipinski definition) is 5. The van der Waals surface area contributed by atoms with Crippen LogP contribution in [0.25, 0.3) is 0 Å². The van der Waals surface area contributed by atoms with Gasteiger partial charge in [-0.2, -0.15) is 5.26 Å². The Morgan fingerprint density at radius 1 is 1.08 bits per heavy atom. The van der Waals surface area contributed by atoms with Crippen LogP contribution in [0.1, 0.15) is 5.56 Å². The molecule has 1 aliphatic rings. The van der Waals surface area contributed by atoms with Gasteiger partial charge in [0.25, 0.3) is 10.0 Å². The maximum atomic E-state index is 13.2. The number of hydrogen-bond donors (Lipinski definition) is 0. The molecule has 1 atom stereocenters. The molecular formula is C17H14N2O4S2. The van der Waals surface area contributed by atoms with E-state index in [0.29, 0.717) is 5.69 Å². The average molecular weight is 374 g/mol. The fourth-order valence-electron chi connectivity index (χ4n) is 2.63. The van der Waals surface area contributed by atoms with Crippen molar-refractivity contribution in [2.45, 2.75) is 10.9 Å². The summed E-state index contributed by atoms with van der Waals surface area (Å²) < 4.78 is 51.0. The molecule has 2 aromatic carbocycles. The van der Waals surface area contributed by atoms with E-state index in [1.54, 1.807) is 30.3 Å². The van der Waals surface area contributed by atoms with E-state index in [1.807, 2.05) is 6.07 Å². The van der Waals surface area contributed by atoms with Gasteiger partial charge in [0.1, 0.15) is 0 Å². The van der Waals surface area contributed by atoms with Crippen molar-refractivity contribution in [1.29, 1.82) is 5.26 Å². The van der Waals surface area contributed by atoms with Crippen LogP contribution in [-0.2, 0) is 19.9 Å². The Kier molecular flexibility index (Phi) is 4.37. The monoisotopic (exact) mass is 374 g/mol. The van der Waals surface area contributed by atoms with E-state index in [0.717, 1.165) is 9.71 Å². The Hall–Kier alpha value is -2.63. The summed E-state index contributed by atoms with van der Waals surface area (Å²) in [6, 6.07) is 15.0. The number of sulfonamides is 1. The molecule has 0 aromatic heterocycles. The molecule has 0 saturated heterocycles. The zero-order valence-corrected chi connectivity index (χ0v) is 14.6. The highest BCUT2D eigenvalue weighted by molar-refractivity contribution is 7.95. The van der Waals surface area contributed by atoms with Crippen LogP contribution in [0.2, 0.25) is 0 Å². The Balaban J connectivity index is 2.14. The molecule has 0 amide bonds. The fraction of sp³-hybridized carbons (Fsp3) is 0.118. The van der Waals surface area contributed by atoms with Gasteiger partial charge in [0.15, 0.2) is 9.84 Å². The number of benzene rings is 2. The quantitative estimate of drug-likeness (QED) is 0.816. The van der Waals surface area contributed by atoms with Crippen molar-refractivity contribution >= 4 is 25.5 Å². The summed E-state index contributed by atoms with van der Waals surface area (Å²) in [5.41, 5.74) is 0.570. The molecule has 0 saturated carbocycles. The van der Waals surface area contributed by atoms with E-state index in [2.05, 4.69) is 0 Å². The van der Waals surface area contributed by atoms with Gasteiger partial charge in [-0.25, -0.2) is 16.8 Å². The third kappa shape index (κ3) is 3.43. The first kappa shape index (κ1) is 17.2. The zero-order valence-electron chi connectivity index (χ0n) is 13.0. The van der Waals surface area contributed by atoms with Crippen LogP contribution >= 0.6 is 0 Å². The van der Waals surface area contributed by atoms with E-state index < -0.39 is 25.9 Å². The Morgan fingerprint density at radius 3 is 2.40 bits per heavy atom. The third-order valence-electron chi connectivity index (χ3n) is 3.74. The van der Waals surface area contributed by atoms with Gasteiger partial charge in [0.05, 0.1) is 34.0 Å². The van der Waals surface area contributed by atoms with Gasteiger partial charge in [-0.1, -0.05) is 24.3 Å². The normalized spacial score (nSPS) is 18.6. The molecule has 0 fully saturated rings. The van der Waals surface area contributed by atoms with Gasteiger partial charge in [-0.3, -0.25) is 4.31 Å². The predicted octanol–water partition coefficient (Wildman–Crippen LogP) is 2.06. The van der Waals surface area contributed by atoms with Gasteiger partial charge < -0.3 is 0 Å². The number of sulfone groups is 1. The summed E-state index contributed by atoms with van der Waals surface area (Å²) >= 11 is 0. The summed E-state index contributed by atoms with van der Waals surface area (Å²) in [6.45, 7) is 0. The molecule has 2 aromatic rings. The van der Waals surface area contributed by atoms with Crippen molar-refractivity contribution in [3.63, 3.8) is 0 Å². The van der Waals surface area contributed by atoms with Crippen molar-refractivity contribution < 1.29 is 16.8 Å². The van der Waals surface area contributed by atoms with Crippen molar-refractivity contribution in [1.82, 2.24) is 0 Å². The molecule has 3 rings (SSSR count). The molecule has 0 radical (unpaired) electrons. The summed E-state index contributed by atoms with van der Waals surface area (Å²) in [4.78, 5) is -0.0619. The van der Waals surface area contributed by atoms with E-state index in [1.165, 1.54) is 30.3 Å². The van der Waals surface area contributed by atoms with Crippen LogP contribution < -0.4 is 4.31 Å². The lowest BCUT2D eigenvalue weighted by Crippen LogP contribution is -2.41. The van der Waals surface area contributed by atoms with E-state index in [-0.39, 0.29) is 16.2 Å². The lowest BCUT2D eigenvalue weighted by molar-refractivity contribution is 0.586. The first-order valence-electron chi connectivity index (χ1n) is 7.34. The highest BCUT2D eigenvalue weighted by Crippen LogP contribution is 2.29.